The van der Waals surface area contributed by atoms with Crippen LogP contribution in [0.4, 0.5) is 5.00 Å². The van der Waals surface area contributed by atoms with Crippen LogP contribution in [0.25, 0.3) is 0 Å². The monoisotopic (exact) mass is 425 g/mol. The molecule has 2 saturated heterocycles. The van der Waals surface area contributed by atoms with Crippen molar-refractivity contribution >= 4 is 22.3 Å². The summed E-state index contributed by atoms with van der Waals surface area (Å²) in [6.07, 6.45) is 4.99. The van der Waals surface area contributed by atoms with E-state index in [1.165, 1.54) is 42.1 Å². The van der Waals surface area contributed by atoms with Crippen molar-refractivity contribution in [1.29, 1.82) is 0 Å². The van der Waals surface area contributed by atoms with Crippen molar-refractivity contribution in [3.8, 4) is 0 Å². The molecule has 162 valence electrons. The second-order valence-corrected chi connectivity index (χ2v) is 9.28. The zero-order valence-corrected chi connectivity index (χ0v) is 19.0. The number of anilines is 1. The molecule has 2 aliphatic rings. The van der Waals surface area contributed by atoms with Crippen LogP contribution in [0.15, 0.2) is 46.8 Å². The van der Waals surface area contributed by atoms with Crippen molar-refractivity contribution in [3.63, 3.8) is 0 Å². The van der Waals surface area contributed by atoms with Crippen molar-refractivity contribution in [2.24, 2.45) is 4.99 Å². The molecule has 0 unspecified atom stereocenters. The lowest BCUT2D eigenvalue weighted by molar-refractivity contribution is 0.331. The van der Waals surface area contributed by atoms with Crippen LogP contribution in [-0.4, -0.2) is 49.6 Å². The predicted molar refractivity (Wildman–Crippen MR) is 128 cm³/mol. The minimum atomic E-state index is 0.488. The van der Waals surface area contributed by atoms with Gasteiger partial charge in [0.25, 0.3) is 0 Å². The van der Waals surface area contributed by atoms with Crippen LogP contribution in [0, 0.1) is 0 Å². The Morgan fingerprint density at radius 3 is 2.43 bits per heavy atom. The van der Waals surface area contributed by atoms with E-state index in [1.807, 2.05) is 11.3 Å². The molecule has 5 nitrogen and oxygen atoms in total. The van der Waals surface area contributed by atoms with E-state index >= 15 is 0 Å². The number of aliphatic imine (C=N–C) groups is 1. The summed E-state index contributed by atoms with van der Waals surface area (Å²) in [7, 11) is 0. The fourth-order valence-electron chi connectivity index (χ4n) is 4.33. The van der Waals surface area contributed by atoms with Gasteiger partial charge in [0.15, 0.2) is 5.96 Å². The summed E-state index contributed by atoms with van der Waals surface area (Å²) in [6.45, 7) is 9.52. The van der Waals surface area contributed by atoms with Crippen molar-refractivity contribution in [3.05, 3.63) is 52.9 Å². The fourth-order valence-corrected chi connectivity index (χ4v) is 5.11. The number of rotatable bonds is 7. The maximum absolute atomic E-state index is 4.85. The number of benzene rings is 1. The highest BCUT2D eigenvalue weighted by Crippen LogP contribution is 2.24. The standard InChI is InChI=1S/C24H35N5S/c1-2-25-24(27-22-11-15-29(16-12-22)23-6-5-17-30-23)26-18-20-7-9-21(10-8-20)19-28-13-3-4-14-28/h5-10,17,22H,2-4,11-16,18-19H2,1H3,(H2,25,26,27). The molecule has 2 aliphatic heterocycles. The minimum Gasteiger partial charge on any atom is -0.363 e. The first kappa shape index (κ1) is 21.2. The van der Waals surface area contributed by atoms with Crippen molar-refractivity contribution in [1.82, 2.24) is 15.5 Å². The molecule has 0 bridgehead atoms. The molecule has 0 aliphatic carbocycles. The van der Waals surface area contributed by atoms with Gasteiger partial charge in [-0.15, -0.1) is 11.3 Å². The van der Waals surface area contributed by atoms with E-state index in [-0.39, 0.29) is 0 Å². The van der Waals surface area contributed by atoms with Gasteiger partial charge in [-0.05, 0) is 74.3 Å². The fraction of sp³-hybridized carbons (Fsp3) is 0.542. The summed E-state index contributed by atoms with van der Waals surface area (Å²) in [6, 6.07) is 13.9. The van der Waals surface area contributed by atoms with Gasteiger partial charge in [-0.25, -0.2) is 4.99 Å². The Morgan fingerprint density at radius 1 is 1.03 bits per heavy atom. The Hall–Kier alpha value is -2.05. The smallest absolute Gasteiger partial charge is 0.191 e. The van der Waals surface area contributed by atoms with Crippen LogP contribution in [-0.2, 0) is 13.1 Å². The molecule has 0 radical (unpaired) electrons. The van der Waals surface area contributed by atoms with E-state index < -0.39 is 0 Å². The van der Waals surface area contributed by atoms with E-state index in [0.29, 0.717) is 12.6 Å². The number of nitrogens with zero attached hydrogens (tertiary/aromatic N) is 3. The van der Waals surface area contributed by atoms with E-state index in [9.17, 15) is 0 Å². The van der Waals surface area contributed by atoms with Crippen LogP contribution >= 0.6 is 11.3 Å². The van der Waals surface area contributed by atoms with Gasteiger partial charge in [0, 0.05) is 32.2 Å². The summed E-state index contributed by atoms with van der Waals surface area (Å²) in [5.41, 5.74) is 2.68. The SMILES string of the molecule is CCNC(=NCc1ccc(CN2CCCC2)cc1)NC1CCN(c2cccs2)CC1. The second-order valence-electron chi connectivity index (χ2n) is 8.35. The minimum absolute atomic E-state index is 0.488. The highest BCUT2D eigenvalue weighted by atomic mass is 32.1. The number of piperidine rings is 1. The first-order valence-electron chi connectivity index (χ1n) is 11.4. The average Bonchev–Trinajstić information content (AvgIpc) is 3.48. The van der Waals surface area contributed by atoms with Crippen LogP contribution in [0.5, 0.6) is 0 Å². The lowest BCUT2D eigenvalue weighted by Crippen LogP contribution is -2.48. The van der Waals surface area contributed by atoms with E-state index in [2.05, 4.69) is 69.1 Å². The van der Waals surface area contributed by atoms with Crippen molar-refractivity contribution in [2.75, 3.05) is 37.6 Å². The predicted octanol–water partition coefficient (Wildman–Crippen LogP) is 4.07. The van der Waals surface area contributed by atoms with Gasteiger partial charge in [0.05, 0.1) is 11.5 Å². The molecule has 6 heteroatoms. The Bertz CT molecular complexity index is 772. The van der Waals surface area contributed by atoms with Gasteiger partial charge < -0.3 is 15.5 Å². The van der Waals surface area contributed by atoms with Crippen LogP contribution in [0.2, 0.25) is 0 Å². The lowest BCUT2D eigenvalue weighted by Gasteiger charge is -2.33. The zero-order chi connectivity index (χ0) is 20.6. The van der Waals surface area contributed by atoms with Crippen LogP contribution in [0.1, 0.15) is 43.7 Å². The molecule has 2 fully saturated rings. The van der Waals surface area contributed by atoms with Gasteiger partial charge >= 0.3 is 0 Å². The third-order valence-corrected chi connectivity index (χ3v) is 6.97. The van der Waals surface area contributed by atoms with E-state index in [1.54, 1.807) is 0 Å². The van der Waals surface area contributed by atoms with E-state index in [4.69, 9.17) is 4.99 Å². The number of hydrogen-bond donors (Lipinski definition) is 2. The summed E-state index contributed by atoms with van der Waals surface area (Å²) in [4.78, 5) is 9.89. The number of nitrogens with one attached hydrogen (secondary N) is 2. The molecule has 2 N–H and O–H groups in total. The topological polar surface area (TPSA) is 42.9 Å². The van der Waals surface area contributed by atoms with Gasteiger partial charge in [0.2, 0.25) is 0 Å². The quantitative estimate of drug-likeness (QED) is 0.518. The molecule has 1 aromatic heterocycles. The van der Waals surface area contributed by atoms with Crippen molar-refractivity contribution < 1.29 is 0 Å². The molecule has 4 rings (SSSR count). The molecule has 30 heavy (non-hydrogen) atoms. The van der Waals surface area contributed by atoms with Gasteiger partial charge in [-0.2, -0.15) is 0 Å². The summed E-state index contributed by atoms with van der Waals surface area (Å²) in [5.74, 6) is 0.938. The number of likely N-dealkylation sites (tertiary alicyclic amines) is 1. The zero-order valence-electron chi connectivity index (χ0n) is 18.1. The molecular weight excluding hydrogens is 390 g/mol. The third-order valence-electron chi connectivity index (χ3n) is 6.05. The van der Waals surface area contributed by atoms with Crippen LogP contribution < -0.4 is 15.5 Å². The largest absolute Gasteiger partial charge is 0.363 e. The second kappa shape index (κ2) is 10.8. The Labute approximate surface area is 185 Å². The van der Waals surface area contributed by atoms with E-state index in [0.717, 1.165) is 45.0 Å². The Balaban J connectivity index is 1.27. The molecule has 0 amide bonds. The number of thiophene rings is 1. The Morgan fingerprint density at radius 2 is 1.77 bits per heavy atom. The molecule has 2 aromatic rings. The van der Waals surface area contributed by atoms with Gasteiger partial charge in [-0.3, -0.25) is 4.90 Å². The van der Waals surface area contributed by atoms with Gasteiger partial charge in [-0.1, -0.05) is 24.3 Å². The molecule has 0 saturated carbocycles. The van der Waals surface area contributed by atoms with Gasteiger partial charge in [0.1, 0.15) is 0 Å². The highest BCUT2D eigenvalue weighted by molar-refractivity contribution is 7.14. The number of guanidine groups is 1. The highest BCUT2D eigenvalue weighted by Gasteiger charge is 2.20. The summed E-state index contributed by atoms with van der Waals surface area (Å²) < 4.78 is 0. The molecule has 0 spiro atoms. The molecular formula is C24H35N5S. The molecule has 3 heterocycles. The van der Waals surface area contributed by atoms with Crippen LogP contribution in [0.3, 0.4) is 0 Å². The number of hydrogen-bond acceptors (Lipinski definition) is 4. The Kier molecular flexibility index (Phi) is 7.65. The first-order valence-corrected chi connectivity index (χ1v) is 12.3. The molecule has 0 atom stereocenters. The maximum atomic E-state index is 4.85. The lowest BCUT2D eigenvalue weighted by atomic mass is 10.1. The average molecular weight is 426 g/mol. The third kappa shape index (κ3) is 5.99. The first-order chi connectivity index (χ1) is 14.8. The maximum Gasteiger partial charge on any atom is 0.191 e. The normalized spacial score (nSPS) is 18.7. The summed E-state index contributed by atoms with van der Waals surface area (Å²) >= 11 is 1.83. The summed E-state index contributed by atoms with van der Waals surface area (Å²) in [5, 5.41) is 10.6. The van der Waals surface area contributed by atoms with Crippen molar-refractivity contribution in [2.45, 2.75) is 51.7 Å². The molecule has 1 aromatic carbocycles.